The number of nitrogens with one attached hydrogen (secondary N) is 1. The molecule has 0 aromatic carbocycles. The summed E-state index contributed by atoms with van der Waals surface area (Å²) in [5, 5.41) is 2.37. The first-order valence-electron chi connectivity index (χ1n) is 4.09. The number of allylic oxidation sites excluding steroid dienone is 2. The summed E-state index contributed by atoms with van der Waals surface area (Å²) in [6.45, 7) is 5.13. The van der Waals surface area contributed by atoms with Gasteiger partial charge in [-0.2, -0.15) is 0 Å². The molecule has 1 amide bonds. The lowest BCUT2D eigenvalue weighted by Crippen LogP contribution is -2.28. The third-order valence-corrected chi connectivity index (χ3v) is 1.68. The Kier molecular flexibility index (Phi) is 6.29. The van der Waals surface area contributed by atoms with Gasteiger partial charge < -0.3 is 5.32 Å². The summed E-state index contributed by atoms with van der Waals surface area (Å²) in [5.74, 6) is 0.0688. The topological polar surface area (TPSA) is 41.5 Å². The summed E-state index contributed by atoms with van der Waals surface area (Å²) in [6, 6.07) is 0. The zero-order chi connectivity index (χ0) is 11.8. The number of amidine groups is 1. The predicted molar refractivity (Wildman–Crippen MR) is 60.5 cm³/mol. The Hall–Kier alpha value is -1.42. The van der Waals surface area contributed by atoms with Crippen molar-refractivity contribution < 1.29 is 9.18 Å². The minimum Gasteiger partial charge on any atom is -0.311 e. The van der Waals surface area contributed by atoms with Crippen molar-refractivity contribution in [2.75, 3.05) is 7.05 Å². The highest BCUT2D eigenvalue weighted by Gasteiger charge is 2.03. The molecule has 0 aliphatic rings. The summed E-state index contributed by atoms with van der Waals surface area (Å²) in [6.07, 6.45) is 2.78. The van der Waals surface area contributed by atoms with Crippen molar-refractivity contribution in [3.63, 3.8) is 0 Å². The molecule has 0 aliphatic heterocycles. The maximum atomic E-state index is 11.8. The third-order valence-electron chi connectivity index (χ3n) is 1.47. The van der Waals surface area contributed by atoms with E-state index in [1.54, 1.807) is 14.0 Å². The molecule has 0 saturated carbocycles. The molecule has 0 aromatic rings. The summed E-state index contributed by atoms with van der Waals surface area (Å²) < 4.78 is 11.8. The first-order valence-corrected chi connectivity index (χ1v) is 4.46. The molecule has 15 heavy (non-hydrogen) atoms. The van der Waals surface area contributed by atoms with Crippen molar-refractivity contribution in [1.82, 2.24) is 5.32 Å². The molecular weight excluding hydrogens is 219 g/mol. The van der Waals surface area contributed by atoms with Crippen LogP contribution in [0.5, 0.6) is 0 Å². The number of halogens is 2. The van der Waals surface area contributed by atoms with E-state index in [0.29, 0.717) is 5.84 Å². The SMILES string of the molecule is C=C(/C=C\C(Cl)=C\F)C(=O)NC(C)=NC. The second kappa shape index (κ2) is 6.95. The number of nitrogens with zero attached hydrogens (tertiary/aromatic N) is 1. The van der Waals surface area contributed by atoms with Gasteiger partial charge in [-0.05, 0) is 19.1 Å². The van der Waals surface area contributed by atoms with Crippen molar-refractivity contribution in [1.29, 1.82) is 0 Å². The Morgan fingerprint density at radius 2 is 2.13 bits per heavy atom. The lowest BCUT2D eigenvalue weighted by Gasteiger charge is -2.02. The number of amides is 1. The number of hydrogen-bond acceptors (Lipinski definition) is 2. The van der Waals surface area contributed by atoms with Gasteiger partial charge in [-0.25, -0.2) is 4.39 Å². The minimum atomic E-state index is -0.405. The fourth-order valence-corrected chi connectivity index (χ4v) is 0.656. The largest absolute Gasteiger partial charge is 0.311 e. The second-order valence-corrected chi connectivity index (χ2v) is 3.05. The van der Waals surface area contributed by atoms with Crippen molar-refractivity contribution >= 4 is 23.3 Å². The van der Waals surface area contributed by atoms with Crippen LogP contribution in [-0.4, -0.2) is 18.8 Å². The Labute approximate surface area is 93.0 Å². The third kappa shape index (κ3) is 5.80. The lowest BCUT2D eigenvalue weighted by atomic mass is 10.2. The van der Waals surface area contributed by atoms with Crippen LogP contribution in [-0.2, 0) is 4.79 Å². The van der Waals surface area contributed by atoms with Crippen molar-refractivity contribution in [2.24, 2.45) is 4.99 Å². The van der Waals surface area contributed by atoms with Crippen LogP contribution in [0.15, 0.2) is 40.7 Å². The van der Waals surface area contributed by atoms with E-state index < -0.39 is 5.91 Å². The molecule has 82 valence electrons. The molecular formula is C10H12ClFN2O. The van der Waals surface area contributed by atoms with E-state index in [1.807, 2.05) is 0 Å². The highest BCUT2D eigenvalue weighted by atomic mass is 35.5. The van der Waals surface area contributed by atoms with Crippen LogP contribution < -0.4 is 5.32 Å². The Bertz CT molecular complexity index is 345. The van der Waals surface area contributed by atoms with Gasteiger partial charge in [0.15, 0.2) is 0 Å². The smallest absolute Gasteiger partial charge is 0.255 e. The van der Waals surface area contributed by atoms with Crippen LogP contribution in [0.2, 0.25) is 0 Å². The van der Waals surface area contributed by atoms with E-state index in [2.05, 4.69) is 16.9 Å². The van der Waals surface area contributed by atoms with E-state index in [-0.39, 0.29) is 16.9 Å². The molecule has 0 heterocycles. The van der Waals surface area contributed by atoms with Crippen molar-refractivity contribution in [3.8, 4) is 0 Å². The second-order valence-electron chi connectivity index (χ2n) is 2.62. The number of hydrogen-bond donors (Lipinski definition) is 1. The van der Waals surface area contributed by atoms with Gasteiger partial charge in [-0.15, -0.1) is 0 Å². The molecule has 5 heteroatoms. The molecule has 0 aliphatic carbocycles. The fourth-order valence-electron chi connectivity index (χ4n) is 0.593. The van der Waals surface area contributed by atoms with E-state index in [9.17, 15) is 9.18 Å². The summed E-state index contributed by atoms with van der Waals surface area (Å²) in [5.41, 5.74) is 0.165. The van der Waals surface area contributed by atoms with Crippen LogP contribution in [0.3, 0.4) is 0 Å². The van der Waals surface area contributed by atoms with Gasteiger partial charge in [-0.3, -0.25) is 9.79 Å². The maximum Gasteiger partial charge on any atom is 0.255 e. The molecule has 0 unspecified atom stereocenters. The molecule has 1 N–H and O–H groups in total. The molecule has 0 fully saturated rings. The normalized spacial score (nSPS) is 13.1. The lowest BCUT2D eigenvalue weighted by molar-refractivity contribution is -0.115. The molecule has 0 rings (SSSR count). The standard InChI is InChI=1S/C10H12ClFN2O/c1-7(4-5-9(11)6-12)10(15)14-8(2)13-3/h4-6H,1H2,2-3H3,(H,13,14,15)/b5-4-,9-6-. The number of carbonyl (C=O) groups excluding carboxylic acids is 1. The number of carbonyl (C=O) groups is 1. The van der Waals surface area contributed by atoms with Gasteiger partial charge >= 0.3 is 0 Å². The summed E-state index contributed by atoms with van der Waals surface area (Å²) >= 11 is 5.35. The maximum absolute atomic E-state index is 11.8. The zero-order valence-electron chi connectivity index (χ0n) is 8.55. The number of rotatable bonds is 3. The molecule has 3 nitrogen and oxygen atoms in total. The Balaban J connectivity index is 4.36. The molecule has 0 atom stereocenters. The van der Waals surface area contributed by atoms with Gasteiger partial charge in [0, 0.05) is 12.6 Å². The average molecular weight is 231 g/mol. The van der Waals surface area contributed by atoms with E-state index >= 15 is 0 Å². The first kappa shape index (κ1) is 13.6. The van der Waals surface area contributed by atoms with Crippen LogP contribution >= 0.6 is 11.6 Å². The molecule has 0 aromatic heterocycles. The van der Waals surface area contributed by atoms with Crippen LogP contribution in [0.4, 0.5) is 4.39 Å². The van der Waals surface area contributed by atoms with Crippen LogP contribution in [0.1, 0.15) is 6.92 Å². The van der Waals surface area contributed by atoms with Crippen LogP contribution in [0, 0.1) is 0 Å². The van der Waals surface area contributed by atoms with E-state index in [0.717, 1.165) is 0 Å². The Morgan fingerprint density at radius 1 is 1.53 bits per heavy atom. The zero-order valence-corrected chi connectivity index (χ0v) is 9.31. The van der Waals surface area contributed by atoms with E-state index in [4.69, 9.17) is 11.6 Å². The summed E-state index contributed by atoms with van der Waals surface area (Å²) in [4.78, 5) is 15.1. The Morgan fingerprint density at radius 3 is 2.60 bits per heavy atom. The first-order chi connectivity index (χ1) is 7.01. The van der Waals surface area contributed by atoms with Crippen LogP contribution in [0.25, 0.3) is 0 Å². The minimum absolute atomic E-state index is 0.107. The van der Waals surface area contributed by atoms with Gasteiger partial charge in [0.2, 0.25) is 0 Å². The van der Waals surface area contributed by atoms with Crippen molar-refractivity contribution in [3.05, 3.63) is 35.7 Å². The summed E-state index contributed by atoms with van der Waals surface area (Å²) in [7, 11) is 1.55. The molecule has 0 saturated heterocycles. The molecule has 0 bridgehead atoms. The van der Waals surface area contributed by atoms with Gasteiger partial charge in [0.1, 0.15) is 6.33 Å². The van der Waals surface area contributed by atoms with Gasteiger partial charge in [0.05, 0.1) is 10.9 Å². The molecule has 0 radical (unpaired) electrons. The monoisotopic (exact) mass is 230 g/mol. The van der Waals surface area contributed by atoms with Gasteiger partial charge in [0.25, 0.3) is 5.91 Å². The van der Waals surface area contributed by atoms with Crippen molar-refractivity contribution in [2.45, 2.75) is 6.92 Å². The highest BCUT2D eigenvalue weighted by Crippen LogP contribution is 2.05. The molecule has 0 spiro atoms. The highest BCUT2D eigenvalue weighted by molar-refractivity contribution is 6.31. The predicted octanol–water partition coefficient (Wildman–Crippen LogP) is 2.31. The quantitative estimate of drug-likeness (QED) is 0.344. The number of aliphatic imine (C=N–C) groups is 1. The van der Waals surface area contributed by atoms with E-state index in [1.165, 1.54) is 12.2 Å². The fraction of sp³-hybridized carbons (Fsp3) is 0.200. The van der Waals surface area contributed by atoms with Gasteiger partial charge in [-0.1, -0.05) is 18.2 Å². The average Bonchev–Trinajstić information content (AvgIpc) is 2.24.